The lowest BCUT2D eigenvalue weighted by molar-refractivity contribution is 0.172. The molecule has 0 spiro atoms. The molecule has 0 aromatic rings. The molecule has 0 heterocycles. The molecule has 0 saturated heterocycles. The third-order valence-corrected chi connectivity index (χ3v) is 1.13. The summed E-state index contributed by atoms with van der Waals surface area (Å²) in [5.41, 5.74) is 0. The van der Waals surface area contributed by atoms with Crippen LogP contribution in [0.3, 0.4) is 0 Å². The van der Waals surface area contributed by atoms with Crippen LogP contribution in [-0.2, 0) is 0 Å². The second-order valence-electron chi connectivity index (χ2n) is 2.36. The molecule has 0 fully saturated rings. The maximum atomic E-state index is 9.12. The van der Waals surface area contributed by atoms with Crippen molar-refractivity contribution in [3.05, 3.63) is 24.8 Å². The van der Waals surface area contributed by atoms with E-state index in [4.69, 9.17) is 5.11 Å². The quantitative estimate of drug-likeness (QED) is 0.571. The first-order valence-corrected chi connectivity index (χ1v) is 3.15. The van der Waals surface area contributed by atoms with Gasteiger partial charge in [-0.25, -0.2) is 0 Å². The molecule has 0 saturated carbocycles. The van der Waals surface area contributed by atoms with E-state index in [0.717, 1.165) is 0 Å². The van der Waals surface area contributed by atoms with Crippen molar-refractivity contribution < 1.29 is 5.11 Å². The average Bonchev–Trinajstić information content (AvgIpc) is 1.82. The molecule has 1 heteroatoms. The molecule has 0 aromatic heterocycles. The minimum atomic E-state index is -0.331. The molecule has 0 radical (unpaired) electrons. The van der Waals surface area contributed by atoms with Crippen LogP contribution >= 0.6 is 0 Å². The van der Waals surface area contributed by atoms with Gasteiger partial charge in [0, 0.05) is 0 Å². The Labute approximate surface area is 56.7 Å². The first-order chi connectivity index (χ1) is 4.18. The molecule has 0 aliphatic heterocycles. The lowest BCUT2D eigenvalue weighted by Crippen LogP contribution is -2.10. The van der Waals surface area contributed by atoms with E-state index in [0.29, 0.717) is 5.92 Å². The second-order valence-corrected chi connectivity index (χ2v) is 2.36. The molecular weight excluding hydrogens is 112 g/mol. The van der Waals surface area contributed by atoms with Gasteiger partial charge in [0.15, 0.2) is 0 Å². The Hall–Kier alpha value is -0.560. The van der Waals surface area contributed by atoms with Crippen LogP contribution < -0.4 is 0 Å². The molecule has 9 heavy (non-hydrogen) atoms. The summed E-state index contributed by atoms with van der Waals surface area (Å²) in [6, 6.07) is 0. The second kappa shape index (κ2) is 4.33. The van der Waals surface area contributed by atoms with Crippen LogP contribution in [0.2, 0.25) is 0 Å². The van der Waals surface area contributed by atoms with Crippen molar-refractivity contribution in [2.24, 2.45) is 5.92 Å². The van der Waals surface area contributed by atoms with Gasteiger partial charge in [-0.1, -0.05) is 38.7 Å². The van der Waals surface area contributed by atoms with E-state index in [1.807, 2.05) is 13.8 Å². The molecule has 1 nitrogen and oxygen atoms in total. The summed E-state index contributed by atoms with van der Waals surface area (Å²) in [5.74, 6) is 0.293. The minimum Gasteiger partial charge on any atom is -0.389 e. The van der Waals surface area contributed by atoms with Gasteiger partial charge >= 0.3 is 0 Å². The minimum absolute atomic E-state index is 0.293. The third-order valence-electron chi connectivity index (χ3n) is 1.13. The fourth-order valence-corrected chi connectivity index (χ4v) is 0.415. The number of hydrogen-bond acceptors (Lipinski definition) is 1. The van der Waals surface area contributed by atoms with Crippen LogP contribution in [0.25, 0.3) is 0 Å². The van der Waals surface area contributed by atoms with Gasteiger partial charge < -0.3 is 5.11 Å². The Morgan fingerprint density at radius 2 is 2.00 bits per heavy atom. The SMILES string of the molecule is C=C/C=C/C(O)C(C)C. The van der Waals surface area contributed by atoms with Crippen molar-refractivity contribution in [2.45, 2.75) is 20.0 Å². The predicted octanol–water partition coefficient (Wildman–Crippen LogP) is 1.75. The zero-order valence-electron chi connectivity index (χ0n) is 6.04. The topological polar surface area (TPSA) is 20.2 Å². The van der Waals surface area contributed by atoms with Gasteiger partial charge in [-0.05, 0) is 5.92 Å². The number of aliphatic hydroxyl groups excluding tert-OH is 1. The van der Waals surface area contributed by atoms with Gasteiger partial charge in [0.1, 0.15) is 0 Å². The van der Waals surface area contributed by atoms with Crippen LogP contribution in [-0.4, -0.2) is 11.2 Å². The molecule has 1 unspecified atom stereocenters. The van der Waals surface area contributed by atoms with Gasteiger partial charge in [0.2, 0.25) is 0 Å². The van der Waals surface area contributed by atoms with Crippen molar-refractivity contribution in [3.8, 4) is 0 Å². The third kappa shape index (κ3) is 3.98. The first kappa shape index (κ1) is 8.44. The summed E-state index contributed by atoms with van der Waals surface area (Å²) >= 11 is 0. The molecule has 0 aliphatic rings. The van der Waals surface area contributed by atoms with Crippen molar-refractivity contribution in [3.63, 3.8) is 0 Å². The van der Waals surface area contributed by atoms with Crippen molar-refractivity contribution in [2.75, 3.05) is 0 Å². The predicted molar refractivity (Wildman–Crippen MR) is 40.2 cm³/mol. The van der Waals surface area contributed by atoms with Crippen LogP contribution in [0.5, 0.6) is 0 Å². The zero-order valence-corrected chi connectivity index (χ0v) is 6.04. The molecule has 0 rings (SSSR count). The zero-order chi connectivity index (χ0) is 7.28. The van der Waals surface area contributed by atoms with E-state index < -0.39 is 0 Å². The lowest BCUT2D eigenvalue weighted by atomic mass is 10.1. The fraction of sp³-hybridized carbons (Fsp3) is 0.500. The van der Waals surface area contributed by atoms with E-state index in [1.165, 1.54) is 0 Å². The molecular formula is C8H14O. The Morgan fingerprint density at radius 1 is 1.44 bits per heavy atom. The Bertz CT molecular complexity index is 103. The van der Waals surface area contributed by atoms with Gasteiger partial charge in [0.05, 0.1) is 6.10 Å². The fourth-order valence-electron chi connectivity index (χ4n) is 0.415. The van der Waals surface area contributed by atoms with E-state index >= 15 is 0 Å². The molecule has 0 aliphatic carbocycles. The van der Waals surface area contributed by atoms with Crippen LogP contribution in [0, 0.1) is 5.92 Å². The first-order valence-electron chi connectivity index (χ1n) is 3.15. The van der Waals surface area contributed by atoms with Gasteiger partial charge in [-0.3, -0.25) is 0 Å². The van der Waals surface area contributed by atoms with E-state index in [1.54, 1.807) is 18.2 Å². The Morgan fingerprint density at radius 3 is 2.33 bits per heavy atom. The average molecular weight is 126 g/mol. The molecule has 1 atom stereocenters. The van der Waals surface area contributed by atoms with E-state index in [2.05, 4.69) is 6.58 Å². The molecule has 1 N–H and O–H groups in total. The van der Waals surface area contributed by atoms with Gasteiger partial charge in [-0.15, -0.1) is 0 Å². The molecule has 0 aromatic carbocycles. The summed E-state index contributed by atoms with van der Waals surface area (Å²) in [5, 5.41) is 9.12. The molecule has 52 valence electrons. The highest BCUT2D eigenvalue weighted by Gasteiger charge is 2.01. The largest absolute Gasteiger partial charge is 0.389 e. The standard InChI is InChI=1S/C8H14O/c1-4-5-6-8(9)7(2)3/h4-9H,1H2,2-3H3/b6-5+. The number of aliphatic hydroxyl groups is 1. The summed E-state index contributed by atoms with van der Waals surface area (Å²) in [6.07, 6.45) is 4.82. The summed E-state index contributed by atoms with van der Waals surface area (Å²) in [4.78, 5) is 0. The lowest BCUT2D eigenvalue weighted by Gasteiger charge is -2.07. The van der Waals surface area contributed by atoms with Crippen LogP contribution in [0.15, 0.2) is 24.8 Å². The van der Waals surface area contributed by atoms with E-state index in [9.17, 15) is 0 Å². The summed E-state index contributed by atoms with van der Waals surface area (Å²) < 4.78 is 0. The normalized spacial score (nSPS) is 14.7. The number of rotatable bonds is 3. The number of hydrogen-bond donors (Lipinski definition) is 1. The van der Waals surface area contributed by atoms with Crippen molar-refractivity contribution in [1.82, 2.24) is 0 Å². The summed E-state index contributed by atoms with van der Waals surface area (Å²) in [7, 11) is 0. The maximum absolute atomic E-state index is 9.12. The maximum Gasteiger partial charge on any atom is 0.0746 e. The van der Waals surface area contributed by atoms with Crippen molar-refractivity contribution in [1.29, 1.82) is 0 Å². The smallest absolute Gasteiger partial charge is 0.0746 e. The Kier molecular flexibility index (Phi) is 4.06. The van der Waals surface area contributed by atoms with Crippen molar-refractivity contribution >= 4 is 0 Å². The molecule has 0 bridgehead atoms. The van der Waals surface area contributed by atoms with E-state index in [-0.39, 0.29) is 6.10 Å². The van der Waals surface area contributed by atoms with Crippen LogP contribution in [0.4, 0.5) is 0 Å². The van der Waals surface area contributed by atoms with Crippen LogP contribution in [0.1, 0.15) is 13.8 Å². The van der Waals surface area contributed by atoms with Gasteiger partial charge in [-0.2, -0.15) is 0 Å². The highest BCUT2D eigenvalue weighted by atomic mass is 16.3. The highest BCUT2D eigenvalue weighted by Crippen LogP contribution is 2.01. The van der Waals surface area contributed by atoms with Gasteiger partial charge in [0.25, 0.3) is 0 Å². The molecule has 0 amide bonds. The monoisotopic (exact) mass is 126 g/mol. The highest BCUT2D eigenvalue weighted by molar-refractivity contribution is 5.00. The Balaban J connectivity index is 3.61. The summed E-state index contributed by atoms with van der Waals surface area (Å²) in [6.45, 7) is 7.43. The number of allylic oxidation sites excluding steroid dienone is 2.